The third-order valence-corrected chi connectivity index (χ3v) is 4.67. The van der Waals surface area contributed by atoms with Crippen molar-refractivity contribution in [2.24, 2.45) is 0 Å². The van der Waals surface area contributed by atoms with Crippen LogP contribution in [0.4, 0.5) is 0 Å². The van der Waals surface area contributed by atoms with Gasteiger partial charge in [-0.1, -0.05) is 25.8 Å². The largest absolute Gasteiger partial charge is 0.454 e. The van der Waals surface area contributed by atoms with Gasteiger partial charge < -0.3 is 19.7 Å². The Labute approximate surface area is 127 Å². The van der Waals surface area contributed by atoms with E-state index in [4.69, 9.17) is 9.47 Å². The number of ether oxygens (including phenoxy) is 2. The molecule has 1 heterocycles. The van der Waals surface area contributed by atoms with Gasteiger partial charge >= 0.3 is 0 Å². The van der Waals surface area contributed by atoms with Gasteiger partial charge in [0.2, 0.25) is 6.79 Å². The van der Waals surface area contributed by atoms with Crippen LogP contribution in [0.3, 0.4) is 0 Å². The molecule has 0 amide bonds. The molecule has 0 bridgehead atoms. The molecule has 1 aliphatic carbocycles. The van der Waals surface area contributed by atoms with Gasteiger partial charge in [0.05, 0.1) is 0 Å². The maximum Gasteiger partial charge on any atom is 0.231 e. The first-order valence-corrected chi connectivity index (χ1v) is 8.11. The molecular formula is C17H26N2O2. The fraction of sp³-hybridized carbons (Fsp3) is 0.647. The predicted octanol–water partition coefficient (Wildman–Crippen LogP) is 2.94. The topological polar surface area (TPSA) is 33.7 Å². The normalized spacial score (nSPS) is 19.4. The minimum atomic E-state index is 0.340. The summed E-state index contributed by atoms with van der Waals surface area (Å²) in [6, 6.07) is 7.40. The number of fused-ring (bicyclic) bond motifs is 1. The second-order valence-electron chi connectivity index (χ2n) is 6.10. The van der Waals surface area contributed by atoms with Crippen molar-refractivity contribution in [3.05, 3.63) is 23.8 Å². The summed E-state index contributed by atoms with van der Waals surface area (Å²) in [6.07, 6.45) is 5.45. The van der Waals surface area contributed by atoms with Crippen LogP contribution in [0.1, 0.15) is 44.2 Å². The summed E-state index contributed by atoms with van der Waals surface area (Å²) >= 11 is 0. The van der Waals surface area contributed by atoms with E-state index in [-0.39, 0.29) is 0 Å². The SMILES string of the molecule is CCNC(CN(C)C1CCCC1)c1ccc2c(c1)OCO2. The zero-order chi connectivity index (χ0) is 14.7. The van der Waals surface area contributed by atoms with Crippen molar-refractivity contribution in [3.8, 4) is 11.5 Å². The molecule has 1 fully saturated rings. The van der Waals surface area contributed by atoms with Crippen LogP contribution in [0.25, 0.3) is 0 Å². The van der Waals surface area contributed by atoms with Gasteiger partial charge in [0.1, 0.15) is 0 Å². The number of likely N-dealkylation sites (N-methyl/N-ethyl adjacent to an activating group) is 2. The second kappa shape index (κ2) is 6.67. The minimum absolute atomic E-state index is 0.340. The van der Waals surface area contributed by atoms with Crippen molar-refractivity contribution in [2.45, 2.75) is 44.7 Å². The predicted molar refractivity (Wildman–Crippen MR) is 83.9 cm³/mol. The van der Waals surface area contributed by atoms with Crippen molar-refractivity contribution in [3.63, 3.8) is 0 Å². The molecule has 2 aliphatic rings. The number of benzene rings is 1. The number of rotatable bonds is 6. The lowest BCUT2D eigenvalue weighted by atomic mass is 10.0. The number of nitrogens with one attached hydrogen (secondary N) is 1. The Kier molecular flexibility index (Phi) is 4.66. The Morgan fingerprint density at radius 1 is 1.24 bits per heavy atom. The zero-order valence-electron chi connectivity index (χ0n) is 13.1. The van der Waals surface area contributed by atoms with E-state index in [9.17, 15) is 0 Å². The van der Waals surface area contributed by atoms with E-state index in [1.807, 2.05) is 6.07 Å². The summed E-state index contributed by atoms with van der Waals surface area (Å²) in [6.45, 7) is 4.51. The van der Waals surface area contributed by atoms with E-state index in [1.165, 1.54) is 31.2 Å². The summed E-state index contributed by atoms with van der Waals surface area (Å²) in [4.78, 5) is 2.52. The lowest BCUT2D eigenvalue weighted by Gasteiger charge is -2.29. The molecule has 0 saturated heterocycles. The fourth-order valence-corrected chi connectivity index (χ4v) is 3.45. The molecule has 1 aromatic rings. The number of hydrogen-bond donors (Lipinski definition) is 1. The molecule has 0 radical (unpaired) electrons. The van der Waals surface area contributed by atoms with E-state index in [2.05, 4.69) is 36.3 Å². The minimum Gasteiger partial charge on any atom is -0.454 e. The first kappa shape index (κ1) is 14.7. The summed E-state index contributed by atoms with van der Waals surface area (Å²) in [7, 11) is 2.26. The van der Waals surface area contributed by atoms with Gasteiger partial charge in [-0.2, -0.15) is 0 Å². The van der Waals surface area contributed by atoms with E-state index >= 15 is 0 Å². The van der Waals surface area contributed by atoms with Crippen molar-refractivity contribution >= 4 is 0 Å². The Balaban J connectivity index is 1.71. The van der Waals surface area contributed by atoms with E-state index < -0.39 is 0 Å². The summed E-state index contributed by atoms with van der Waals surface area (Å²) in [5.74, 6) is 1.73. The lowest BCUT2D eigenvalue weighted by molar-refractivity contribution is 0.174. The van der Waals surface area contributed by atoms with Gasteiger partial charge in [-0.15, -0.1) is 0 Å². The first-order valence-electron chi connectivity index (χ1n) is 8.11. The van der Waals surface area contributed by atoms with Crippen LogP contribution in [-0.2, 0) is 0 Å². The monoisotopic (exact) mass is 290 g/mol. The molecule has 3 rings (SSSR count). The van der Waals surface area contributed by atoms with E-state index in [0.717, 1.165) is 30.6 Å². The van der Waals surface area contributed by atoms with E-state index in [0.29, 0.717) is 12.8 Å². The van der Waals surface area contributed by atoms with Gasteiger partial charge in [0, 0.05) is 18.6 Å². The van der Waals surface area contributed by atoms with Gasteiger partial charge in [-0.05, 0) is 44.1 Å². The summed E-state index contributed by atoms with van der Waals surface area (Å²) in [5, 5.41) is 3.61. The van der Waals surface area contributed by atoms with Crippen LogP contribution in [0.5, 0.6) is 11.5 Å². The van der Waals surface area contributed by atoms with Crippen molar-refractivity contribution in [1.29, 1.82) is 0 Å². The highest BCUT2D eigenvalue weighted by molar-refractivity contribution is 5.45. The molecular weight excluding hydrogens is 264 g/mol. The van der Waals surface area contributed by atoms with Crippen LogP contribution in [0.2, 0.25) is 0 Å². The van der Waals surface area contributed by atoms with Crippen LogP contribution in [0.15, 0.2) is 18.2 Å². The smallest absolute Gasteiger partial charge is 0.231 e. The average molecular weight is 290 g/mol. The fourth-order valence-electron chi connectivity index (χ4n) is 3.45. The summed E-state index contributed by atoms with van der Waals surface area (Å²) in [5.41, 5.74) is 1.28. The van der Waals surface area contributed by atoms with Gasteiger partial charge in [-0.3, -0.25) is 0 Å². The van der Waals surface area contributed by atoms with Gasteiger partial charge in [-0.25, -0.2) is 0 Å². The Hall–Kier alpha value is -1.26. The van der Waals surface area contributed by atoms with Crippen LogP contribution >= 0.6 is 0 Å². The maximum atomic E-state index is 5.51. The highest BCUT2D eigenvalue weighted by atomic mass is 16.7. The highest BCUT2D eigenvalue weighted by Gasteiger charge is 2.23. The molecule has 4 nitrogen and oxygen atoms in total. The molecule has 21 heavy (non-hydrogen) atoms. The van der Waals surface area contributed by atoms with Crippen LogP contribution in [0, 0.1) is 0 Å². The average Bonchev–Trinajstić information content (AvgIpc) is 3.17. The number of hydrogen-bond acceptors (Lipinski definition) is 4. The molecule has 1 unspecified atom stereocenters. The molecule has 1 aliphatic heterocycles. The maximum absolute atomic E-state index is 5.51. The van der Waals surface area contributed by atoms with Gasteiger partial charge in [0.25, 0.3) is 0 Å². The first-order chi connectivity index (χ1) is 10.3. The third kappa shape index (κ3) is 3.33. The highest BCUT2D eigenvalue weighted by Crippen LogP contribution is 2.34. The Morgan fingerprint density at radius 2 is 2.00 bits per heavy atom. The van der Waals surface area contributed by atoms with Crippen molar-refractivity contribution in [1.82, 2.24) is 10.2 Å². The van der Waals surface area contributed by atoms with Crippen molar-refractivity contribution in [2.75, 3.05) is 26.9 Å². The standard InChI is InChI=1S/C17H26N2O2/c1-3-18-15(11-19(2)14-6-4-5-7-14)13-8-9-16-17(10-13)21-12-20-16/h8-10,14-15,18H,3-7,11-12H2,1-2H3. The van der Waals surface area contributed by atoms with E-state index in [1.54, 1.807) is 0 Å². The van der Waals surface area contributed by atoms with Gasteiger partial charge in [0.15, 0.2) is 11.5 Å². The van der Waals surface area contributed by atoms with Crippen LogP contribution < -0.4 is 14.8 Å². The number of nitrogens with zero attached hydrogens (tertiary/aromatic N) is 1. The molecule has 0 aromatic heterocycles. The molecule has 1 saturated carbocycles. The Morgan fingerprint density at radius 3 is 2.76 bits per heavy atom. The zero-order valence-corrected chi connectivity index (χ0v) is 13.1. The Bertz CT molecular complexity index is 472. The van der Waals surface area contributed by atoms with Crippen LogP contribution in [-0.4, -0.2) is 37.9 Å². The molecule has 0 spiro atoms. The molecule has 4 heteroatoms. The quantitative estimate of drug-likeness (QED) is 0.873. The molecule has 116 valence electrons. The molecule has 1 N–H and O–H groups in total. The summed E-state index contributed by atoms with van der Waals surface area (Å²) < 4.78 is 10.9. The molecule has 1 atom stereocenters. The lowest BCUT2D eigenvalue weighted by Crippen LogP contribution is -2.37. The second-order valence-corrected chi connectivity index (χ2v) is 6.10. The molecule has 1 aromatic carbocycles. The third-order valence-electron chi connectivity index (χ3n) is 4.67. The van der Waals surface area contributed by atoms with Crippen molar-refractivity contribution < 1.29 is 9.47 Å².